The number of unbranched alkanes of at least 4 members (excludes halogenated alkanes) is 31. The first-order chi connectivity index (χ1) is 28.9. The molecule has 59 heavy (non-hydrogen) atoms. The van der Waals surface area contributed by atoms with Crippen LogP contribution in [-0.4, -0.2) is 11.4 Å². The van der Waals surface area contributed by atoms with E-state index in [0.29, 0.717) is 0 Å². The standard InChI is InChI=1S/C57H92N2/c1-7-9-11-13-15-17-18-19-20-21-22-23-24-25-26-27-28-29-30-31-32-33-35-37-39-41-43-57(59-55-48-52(5)45-53(6)49-55)56(58-54-46-50(3)44-51(4)47-54)42-40-38-36-34-16-14-12-10-8-2/h40,42,44-49H,7-39H2,1-6H3. The fourth-order valence-electron chi connectivity index (χ4n) is 8.35. The zero-order chi connectivity index (χ0) is 42.4. The number of rotatable bonds is 36. The van der Waals surface area contributed by atoms with Crippen LogP contribution in [0.4, 0.5) is 11.4 Å². The van der Waals surface area contributed by atoms with Gasteiger partial charge in [0.2, 0.25) is 0 Å². The minimum Gasteiger partial charge on any atom is -0.246 e. The van der Waals surface area contributed by atoms with E-state index >= 15 is 0 Å². The summed E-state index contributed by atoms with van der Waals surface area (Å²) in [5.74, 6) is 7.05. The van der Waals surface area contributed by atoms with Gasteiger partial charge in [-0.25, -0.2) is 9.98 Å². The van der Waals surface area contributed by atoms with Gasteiger partial charge in [-0.1, -0.05) is 224 Å². The molecule has 0 saturated carbocycles. The van der Waals surface area contributed by atoms with E-state index in [1.807, 2.05) is 0 Å². The van der Waals surface area contributed by atoms with Crippen LogP contribution >= 0.6 is 0 Å². The quantitative estimate of drug-likeness (QED) is 0.0372. The number of aliphatic imine (C=N–C) groups is 2. The van der Waals surface area contributed by atoms with Crippen molar-refractivity contribution in [3.8, 4) is 11.8 Å². The molecule has 0 N–H and O–H groups in total. The molecule has 0 fully saturated rings. The van der Waals surface area contributed by atoms with E-state index in [1.54, 1.807) is 0 Å². The Labute approximate surface area is 367 Å². The number of nitrogens with zero attached hydrogens (tertiary/aromatic N) is 2. The van der Waals surface area contributed by atoms with Gasteiger partial charge in [-0.05, 0) is 105 Å². The molecule has 2 aromatic rings. The average molecular weight is 805 g/mol. The predicted octanol–water partition coefficient (Wildman–Crippen LogP) is 19.2. The molecule has 0 unspecified atom stereocenters. The molecule has 0 aliphatic carbocycles. The second-order valence-electron chi connectivity index (χ2n) is 18.1. The van der Waals surface area contributed by atoms with Gasteiger partial charge in [0.25, 0.3) is 0 Å². The highest BCUT2D eigenvalue weighted by molar-refractivity contribution is 6.53. The molecule has 0 aliphatic heterocycles. The first-order valence-corrected chi connectivity index (χ1v) is 25.4. The molecular weight excluding hydrogens is 713 g/mol. The Bertz CT molecular complexity index is 1440. The van der Waals surface area contributed by atoms with Crippen molar-refractivity contribution in [2.24, 2.45) is 9.98 Å². The molecule has 0 bridgehead atoms. The van der Waals surface area contributed by atoms with Gasteiger partial charge >= 0.3 is 0 Å². The predicted molar refractivity (Wildman–Crippen MR) is 267 cm³/mol. The first-order valence-electron chi connectivity index (χ1n) is 25.4. The van der Waals surface area contributed by atoms with Crippen molar-refractivity contribution in [2.45, 2.75) is 253 Å². The van der Waals surface area contributed by atoms with Gasteiger partial charge in [-0.2, -0.15) is 0 Å². The van der Waals surface area contributed by atoms with Crippen LogP contribution in [0.15, 0.2) is 58.5 Å². The minimum absolute atomic E-state index is 0.773. The van der Waals surface area contributed by atoms with Gasteiger partial charge in [-0.15, -0.1) is 0 Å². The summed E-state index contributed by atoms with van der Waals surface area (Å²) < 4.78 is 0. The summed E-state index contributed by atoms with van der Waals surface area (Å²) in [4.78, 5) is 10.4. The molecular formula is C57H92N2. The Balaban J connectivity index is 1.74. The minimum atomic E-state index is 0.773. The molecule has 0 aliphatic rings. The number of hydrogen-bond acceptors (Lipinski definition) is 2. The van der Waals surface area contributed by atoms with Crippen LogP contribution in [0.5, 0.6) is 0 Å². The van der Waals surface area contributed by atoms with Crippen LogP contribution in [-0.2, 0) is 0 Å². The summed E-state index contributed by atoms with van der Waals surface area (Å²) in [5, 5.41) is 0. The second kappa shape index (κ2) is 36.9. The van der Waals surface area contributed by atoms with Crippen LogP contribution in [0, 0.1) is 39.5 Å². The van der Waals surface area contributed by atoms with Gasteiger partial charge in [0.05, 0.1) is 17.1 Å². The van der Waals surface area contributed by atoms with Crippen molar-refractivity contribution in [3.63, 3.8) is 0 Å². The topological polar surface area (TPSA) is 24.7 Å². The molecule has 0 amide bonds. The maximum atomic E-state index is 5.20. The maximum Gasteiger partial charge on any atom is 0.139 e. The summed E-state index contributed by atoms with van der Waals surface area (Å²) in [5.41, 5.74) is 8.46. The van der Waals surface area contributed by atoms with Crippen LogP contribution in [0.2, 0.25) is 0 Å². The van der Waals surface area contributed by atoms with Crippen molar-refractivity contribution in [1.29, 1.82) is 0 Å². The van der Waals surface area contributed by atoms with Crippen molar-refractivity contribution >= 4 is 22.8 Å². The van der Waals surface area contributed by atoms with Gasteiger partial charge < -0.3 is 0 Å². The van der Waals surface area contributed by atoms with Crippen LogP contribution in [0.1, 0.15) is 248 Å². The highest BCUT2D eigenvalue weighted by Crippen LogP contribution is 2.22. The SMILES string of the molecule is CCCCCCCCCC=CC(=Nc1cc(C)cc(C)c1)C(C#CCCCCCCCCCCCCCCCCCCCCCCCCCC)=Nc1cc(C)cc(C)c1. The lowest BCUT2D eigenvalue weighted by molar-refractivity contribution is 0.517. The molecule has 0 spiro atoms. The normalized spacial score (nSPS) is 12.1. The number of aryl methyl sites for hydroxylation is 4. The van der Waals surface area contributed by atoms with E-state index in [1.165, 1.54) is 215 Å². The summed E-state index contributed by atoms with van der Waals surface area (Å²) in [6.45, 7) is 13.2. The Kier molecular flexibility index (Phi) is 32.7. The van der Waals surface area contributed by atoms with Gasteiger partial charge in [0.1, 0.15) is 5.71 Å². The van der Waals surface area contributed by atoms with Gasteiger partial charge in [0.15, 0.2) is 0 Å². The van der Waals surface area contributed by atoms with Gasteiger partial charge in [-0.3, -0.25) is 0 Å². The van der Waals surface area contributed by atoms with Crippen molar-refractivity contribution in [3.05, 3.63) is 70.8 Å². The Morgan fingerprint density at radius 2 is 0.729 bits per heavy atom. The second-order valence-corrected chi connectivity index (χ2v) is 18.1. The van der Waals surface area contributed by atoms with Crippen molar-refractivity contribution in [2.75, 3.05) is 0 Å². The number of hydrogen-bond donors (Lipinski definition) is 0. The summed E-state index contributed by atoms with van der Waals surface area (Å²) >= 11 is 0. The van der Waals surface area contributed by atoms with E-state index in [9.17, 15) is 0 Å². The zero-order valence-electron chi connectivity index (χ0n) is 39.8. The van der Waals surface area contributed by atoms with Crippen LogP contribution in [0.25, 0.3) is 0 Å². The molecule has 0 atom stereocenters. The largest absolute Gasteiger partial charge is 0.246 e. The smallest absolute Gasteiger partial charge is 0.139 e. The molecule has 2 aromatic carbocycles. The Morgan fingerprint density at radius 3 is 1.10 bits per heavy atom. The lowest BCUT2D eigenvalue weighted by Crippen LogP contribution is -2.09. The van der Waals surface area contributed by atoms with Crippen molar-refractivity contribution in [1.82, 2.24) is 0 Å². The third kappa shape index (κ3) is 29.9. The highest BCUT2D eigenvalue weighted by Gasteiger charge is 2.07. The van der Waals surface area contributed by atoms with E-state index in [0.717, 1.165) is 42.1 Å². The molecule has 0 saturated heterocycles. The summed E-state index contributed by atoms with van der Waals surface area (Å²) in [7, 11) is 0. The Hall–Kier alpha value is -2.92. The van der Waals surface area contributed by atoms with E-state index in [2.05, 4.69) is 102 Å². The average Bonchev–Trinajstić information content (AvgIpc) is 3.20. The molecule has 2 rings (SSSR count). The third-order valence-electron chi connectivity index (χ3n) is 11.8. The third-order valence-corrected chi connectivity index (χ3v) is 11.8. The van der Waals surface area contributed by atoms with E-state index in [-0.39, 0.29) is 0 Å². The summed E-state index contributed by atoms with van der Waals surface area (Å²) in [6.07, 6.45) is 49.7. The van der Waals surface area contributed by atoms with Crippen LogP contribution < -0.4 is 0 Å². The number of benzene rings is 2. The molecule has 2 heteroatoms. The molecule has 0 aromatic heterocycles. The molecule has 0 heterocycles. The molecule has 2 nitrogen and oxygen atoms in total. The molecule has 0 radical (unpaired) electrons. The van der Waals surface area contributed by atoms with Gasteiger partial charge in [0, 0.05) is 6.42 Å². The first kappa shape index (κ1) is 52.2. The summed E-state index contributed by atoms with van der Waals surface area (Å²) in [6, 6.07) is 13.1. The highest BCUT2D eigenvalue weighted by atomic mass is 14.8. The van der Waals surface area contributed by atoms with Crippen molar-refractivity contribution < 1.29 is 0 Å². The monoisotopic (exact) mass is 805 g/mol. The zero-order valence-corrected chi connectivity index (χ0v) is 39.8. The number of allylic oxidation sites excluding steroid dienone is 2. The fourth-order valence-corrected chi connectivity index (χ4v) is 8.35. The van der Waals surface area contributed by atoms with E-state index < -0.39 is 0 Å². The maximum absolute atomic E-state index is 5.20. The lowest BCUT2D eigenvalue weighted by atomic mass is 10.0. The van der Waals surface area contributed by atoms with Crippen LogP contribution in [0.3, 0.4) is 0 Å². The Morgan fingerprint density at radius 1 is 0.407 bits per heavy atom. The van der Waals surface area contributed by atoms with E-state index in [4.69, 9.17) is 9.98 Å². The lowest BCUT2D eigenvalue weighted by Gasteiger charge is -2.06. The fraction of sp³-hybridized carbons (Fsp3) is 0.684. The molecule has 330 valence electrons.